The molecule has 2 rings (SSSR count). The number of hydrogen-bond acceptors (Lipinski definition) is 4. The zero-order valence-corrected chi connectivity index (χ0v) is 12.5. The summed E-state index contributed by atoms with van der Waals surface area (Å²) in [6.07, 6.45) is 1.68. The third-order valence-corrected chi connectivity index (χ3v) is 4.35. The van der Waals surface area contributed by atoms with Crippen LogP contribution in [0.4, 0.5) is 0 Å². The maximum Gasteiger partial charge on any atom is 0.0821 e. The van der Waals surface area contributed by atoms with Crippen LogP contribution >= 0.6 is 34.5 Å². The maximum atomic E-state index is 6.12. The van der Waals surface area contributed by atoms with Crippen LogP contribution in [0.15, 0.2) is 17.8 Å². The van der Waals surface area contributed by atoms with Gasteiger partial charge in [0.1, 0.15) is 0 Å². The Morgan fingerprint density at radius 3 is 2.72 bits per heavy atom. The first-order chi connectivity index (χ1) is 8.58. The van der Waals surface area contributed by atoms with Gasteiger partial charge in [-0.1, -0.05) is 23.2 Å². The second-order valence-electron chi connectivity index (χ2n) is 4.09. The lowest BCUT2D eigenvalue weighted by molar-refractivity contribution is 0.317. The van der Waals surface area contributed by atoms with Gasteiger partial charge in [-0.2, -0.15) is 0 Å². The van der Waals surface area contributed by atoms with E-state index in [2.05, 4.69) is 14.9 Å². The van der Waals surface area contributed by atoms with Gasteiger partial charge in [-0.25, -0.2) is 4.98 Å². The van der Waals surface area contributed by atoms with E-state index in [-0.39, 0.29) is 0 Å². The first-order valence-electron chi connectivity index (χ1n) is 5.44. The Morgan fingerprint density at radius 2 is 2.06 bits per heavy atom. The molecule has 6 heteroatoms. The van der Waals surface area contributed by atoms with Crippen LogP contribution in [0.5, 0.6) is 0 Å². The molecule has 2 aromatic heterocycles. The van der Waals surface area contributed by atoms with E-state index < -0.39 is 0 Å². The van der Waals surface area contributed by atoms with Gasteiger partial charge < -0.3 is 0 Å². The molecule has 0 N–H and O–H groups in total. The van der Waals surface area contributed by atoms with E-state index in [1.807, 2.05) is 19.5 Å². The highest BCUT2D eigenvalue weighted by atomic mass is 35.5. The van der Waals surface area contributed by atoms with Crippen LogP contribution in [-0.2, 0) is 13.1 Å². The minimum absolute atomic E-state index is 0.534. The van der Waals surface area contributed by atoms with Gasteiger partial charge in [0.2, 0.25) is 0 Å². The number of aryl methyl sites for hydroxylation is 1. The molecule has 0 atom stereocenters. The molecular weight excluding hydrogens is 289 g/mol. The van der Waals surface area contributed by atoms with Crippen molar-refractivity contribution in [2.75, 3.05) is 7.05 Å². The van der Waals surface area contributed by atoms with Crippen LogP contribution in [0, 0.1) is 6.92 Å². The predicted octanol–water partition coefficient (Wildman–Crippen LogP) is 3.79. The average molecular weight is 302 g/mol. The fourth-order valence-corrected chi connectivity index (χ4v) is 2.80. The number of halogens is 2. The number of pyridine rings is 1. The molecule has 0 saturated carbocycles. The van der Waals surface area contributed by atoms with E-state index in [9.17, 15) is 0 Å². The van der Waals surface area contributed by atoms with Gasteiger partial charge in [-0.3, -0.25) is 9.88 Å². The molecule has 3 nitrogen and oxygen atoms in total. The molecule has 0 spiro atoms. The second kappa shape index (κ2) is 5.97. The first kappa shape index (κ1) is 13.7. The quantitative estimate of drug-likeness (QED) is 0.860. The Morgan fingerprint density at radius 1 is 1.28 bits per heavy atom. The smallest absolute Gasteiger partial charge is 0.0821 e. The number of rotatable bonds is 4. The lowest BCUT2D eigenvalue weighted by Crippen LogP contribution is -2.18. The van der Waals surface area contributed by atoms with E-state index in [0.717, 1.165) is 17.9 Å². The summed E-state index contributed by atoms with van der Waals surface area (Å²) in [5.41, 5.74) is 3.74. The van der Waals surface area contributed by atoms with E-state index in [4.69, 9.17) is 23.2 Å². The second-order valence-corrected chi connectivity index (χ2v) is 5.81. The lowest BCUT2D eigenvalue weighted by atomic mass is 10.3. The highest BCUT2D eigenvalue weighted by molar-refractivity contribution is 7.09. The molecular formula is C12H13Cl2N3S. The van der Waals surface area contributed by atoms with Crippen molar-refractivity contribution in [1.82, 2.24) is 14.9 Å². The van der Waals surface area contributed by atoms with E-state index in [1.165, 1.54) is 4.88 Å². The molecule has 0 saturated heterocycles. The molecule has 18 heavy (non-hydrogen) atoms. The number of thiazole rings is 1. The van der Waals surface area contributed by atoms with Crippen molar-refractivity contribution in [2.45, 2.75) is 20.0 Å². The third kappa shape index (κ3) is 3.20. The van der Waals surface area contributed by atoms with Gasteiger partial charge in [0.25, 0.3) is 0 Å². The zero-order chi connectivity index (χ0) is 13.1. The summed E-state index contributed by atoms with van der Waals surface area (Å²) in [6.45, 7) is 3.52. The highest BCUT2D eigenvalue weighted by Crippen LogP contribution is 2.25. The SMILES string of the molecule is Cc1ncsc1CN(C)Cc1nccc(Cl)c1Cl. The minimum atomic E-state index is 0.534. The molecule has 0 aliphatic heterocycles. The standard InChI is InChI=1S/C12H13Cl2N3S/c1-8-11(18-7-16-8)6-17(2)5-10-12(14)9(13)3-4-15-10/h3-4,7H,5-6H2,1-2H3. The van der Waals surface area contributed by atoms with Gasteiger partial charge >= 0.3 is 0 Å². The Bertz CT molecular complexity index is 542. The number of hydrogen-bond donors (Lipinski definition) is 0. The first-order valence-corrected chi connectivity index (χ1v) is 7.08. The molecule has 0 radical (unpaired) electrons. The fourth-order valence-electron chi connectivity index (χ4n) is 1.61. The van der Waals surface area contributed by atoms with Crippen molar-refractivity contribution in [3.05, 3.63) is 44.1 Å². The van der Waals surface area contributed by atoms with E-state index >= 15 is 0 Å². The van der Waals surface area contributed by atoms with Crippen LogP contribution < -0.4 is 0 Å². The van der Waals surface area contributed by atoms with Crippen LogP contribution in [0.2, 0.25) is 10.0 Å². The average Bonchev–Trinajstić information content (AvgIpc) is 2.71. The normalized spacial score (nSPS) is 11.2. The summed E-state index contributed by atoms with van der Waals surface area (Å²) >= 11 is 13.7. The van der Waals surface area contributed by atoms with Crippen LogP contribution in [-0.4, -0.2) is 21.9 Å². The summed E-state index contributed by atoms with van der Waals surface area (Å²) in [4.78, 5) is 11.9. The minimum Gasteiger partial charge on any atom is -0.295 e. The molecule has 2 heterocycles. The molecule has 0 aliphatic carbocycles. The van der Waals surface area contributed by atoms with Crippen molar-refractivity contribution in [3.8, 4) is 0 Å². The molecule has 2 aromatic rings. The molecule has 96 valence electrons. The molecule has 0 aliphatic rings. The summed E-state index contributed by atoms with van der Waals surface area (Å²) < 4.78 is 0. The van der Waals surface area contributed by atoms with Crippen LogP contribution in [0.3, 0.4) is 0 Å². The molecule has 0 fully saturated rings. The molecule has 0 unspecified atom stereocenters. The summed E-state index contributed by atoms with van der Waals surface area (Å²) in [7, 11) is 2.03. The topological polar surface area (TPSA) is 29.0 Å². The van der Waals surface area contributed by atoms with Crippen LogP contribution in [0.1, 0.15) is 16.3 Å². The monoisotopic (exact) mass is 301 g/mol. The third-order valence-electron chi connectivity index (χ3n) is 2.59. The Labute approximate surface area is 120 Å². The molecule has 0 aromatic carbocycles. The molecule has 0 bridgehead atoms. The highest BCUT2D eigenvalue weighted by Gasteiger charge is 2.11. The lowest BCUT2D eigenvalue weighted by Gasteiger charge is -2.16. The van der Waals surface area contributed by atoms with Crippen molar-refractivity contribution in [3.63, 3.8) is 0 Å². The van der Waals surface area contributed by atoms with Gasteiger partial charge in [0, 0.05) is 24.2 Å². The van der Waals surface area contributed by atoms with Crippen LogP contribution in [0.25, 0.3) is 0 Å². The van der Waals surface area contributed by atoms with Crippen molar-refractivity contribution < 1.29 is 0 Å². The van der Waals surface area contributed by atoms with Gasteiger partial charge in [0.15, 0.2) is 0 Å². The zero-order valence-electron chi connectivity index (χ0n) is 10.2. The largest absolute Gasteiger partial charge is 0.295 e. The van der Waals surface area contributed by atoms with Gasteiger partial charge in [-0.05, 0) is 20.0 Å². The summed E-state index contributed by atoms with van der Waals surface area (Å²) in [6, 6.07) is 1.70. The Kier molecular flexibility index (Phi) is 4.56. The Balaban J connectivity index is 2.05. The van der Waals surface area contributed by atoms with Crippen molar-refractivity contribution in [2.24, 2.45) is 0 Å². The van der Waals surface area contributed by atoms with Crippen molar-refractivity contribution in [1.29, 1.82) is 0 Å². The molecule has 0 amide bonds. The van der Waals surface area contributed by atoms with Gasteiger partial charge in [0.05, 0.1) is 26.9 Å². The maximum absolute atomic E-state index is 6.12. The van der Waals surface area contributed by atoms with Crippen molar-refractivity contribution >= 4 is 34.5 Å². The summed E-state index contributed by atoms with van der Waals surface area (Å²) in [5, 5.41) is 1.08. The Hall–Kier alpha value is -0.680. The van der Waals surface area contributed by atoms with E-state index in [1.54, 1.807) is 23.6 Å². The predicted molar refractivity (Wildman–Crippen MR) is 76.3 cm³/mol. The number of aromatic nitrogens is 2. The summed E-state index contributed by atoms with van der Waals surface area (Å²) in [5.74, 6) is 0. The number of nitrogens with zero attached hydrogens (tertiary/aromatic N) is 3. The fraction of sp³-hybridized carbons (Fsp3) is 0.333. The van der Waals surface area contributed by atoms with Gasteiger partial charge in [-0.15, -0.1) is 11.3 Å². The van der Waals surface area contributed by atoms with E-state index in [0.29, 0.717) is 16.6 Å².